The molecule has 0 saturated carbocycles. The van der Waals surface area contributed by atoms with Crippen LogP contribution in [0.5, 0.6) is 11.5 Å². The van der Waals surface area contributed by atoms with Crippen molar-refractivity contribution in [2.24, 2.45) is 0 Å². The number of aromatic nitrogens is 1. The summed E-state index contributed by atoms with van der Waals surface area (Å²) < 4.78 is 20.8. The molecule has 6 rings (SSSR count). The molecule has 12 heteroatoms. The van der Waals surface area contributed by atoms with E-state index in [9.17, 15) is 34.1 Å². The number of phenolic OH excluding ortho intramolecular Hbond substituents is 1. The van der Waals surface area contributed by atoms with Crippen LogP contribution in [0, 0.1) is 5.82 Å². The largest absolute Gasteiger partial charge is 0.506 e. The first-order valence-electron chi connectivity index (χ1n) is 17.8. The Morgan fingerprint density at radius 3 is 2.36 bits per heavy atom. The van der Waals surface area contributed by atoms with Crippen molar-refractivity contribution >= 4 is 22.9 Å². The van der Waals surface area contributed by atoms with Crippen molar-refractivity contribution in [3.8, 4) is 11.5 Å². The van der Waals surface area contributed by atoms with Crippen molar-refractivity contribution in [3.05, 3.63) is 177 Å². The number of carbonyl (C=O) groups excluding carboxylic acids is 1. The standard InChI is InChI=1S/C43H41FN4O7/c44-36-13-5-4-10-32(36)26-48(23-7-22-45-25-38(50)34-18-20-37(49)41-35(34)19-21-39(51)46-41)42(52)30-16-14-28(15-17-30)27-55-33-12-6-11-31(24-33)40(47-43(53)54)29-8-2-1-3-9-29/h1-6,8-21,24,38,40,45,47,49-50H,7,22-23,25-27H2,(H,46,51)(H,53,54)/t38-,40?/m1/s1. The van der Waals surface area contributed by atoms with Crippen LogP contribution < -0.4 is 20.9 Å². The first-order valence-corrected chi connectivity index (χ1v) is 17.8. The van der Waals surface area contributed by atoms with Crippen LogP contribution in [0.1, 0.15) is 56.7 Å². The molecular formula is C43H41FN4O7. The van der Waals surface area contributed by atoms with Crippen molar-refractivity contribution in [1.29, 1.82) is 0 Å². The summed E-state index contributed by atoms with van der Waals surface area (Å²) in [5.41, 5.74) is 3.56. The summed E-state index contributed by atoms with van der Waals surface area (Å²) in [5.74, 6) is -0.220. The van der Waals surface area contributed by atoms with Gasteiger partial charge >= 0.3 is 6.09 Å². The number of aliphatic hydroxyl groups excluding tert-OH is 1. The minimum absolute atomic E-state index is 0.0632. The number of pyridine rings is 1. The summed E-state index contributed by atoms with van der Waals surface area (Å²) in [6.07, 6.45) is -1.57. The van der Waals surface area contributed by atoms with Gasteiger partial charge in [-0.15, -0.1) is 0 Å². The number of H-pyrrole nitrogens is 1. The number of carboxylic acid groups (broad SMARTS) is 1. The highest BCUT2D eigenvalue weighted by atomic mass is 19.1. The van der Waals surface area contributed by atoms with Gasteiger partial charge in [0.25, 0.3) is 5.91 Å². The molecule has 11 nitrogen and oxygen atoms in total. The van der Waals surface area contributed by atoms with Crippen molar-refractivity contribution in [2.45, 2.75) is 31.7 Å². The number of hydrogen-bond donors (Lipinski definition) is 6. The molecule has 282 valence electrons. The number of amides is 2. The molecule has 0 aliphatic heterocycles. The monoisotopic (exact) mass is 744 g/mol. The van der Waals surface area contributed by atoms with E-state index in [1.165, 1.54) is 18.2 Å². The molecule has 55 heavy (non-hydrogen) atoms. The van der Waals surface area contributed by atoms with E-state index in [0.29, 0.717) is 47.3 Å². The number of benzene rings is 5. The SMILES string of the molecule is O=C(O)NC(c1ccccc1)c1cccc(OCc2ccc(C(=O)N(CCCNC[C@@H](O)c3ccc(O)c4[nH]c(=O)ccc34)Cc3ccccc3F)cc2)c1. The van der Waals surface area contributed by atoms with Crippen molar-refractivity contribution < 1.29 is 34.0 Å². The quantitative estimate of drug-likeness (QED) is 0.0599. The van der Waals surface area contributed by atoms with Gasteiger partial charge in [-0.1, -0.05) is 78.9 Å². The van der Waals surface area contributed by atoms with Crippen LogP contribution in [-0.2, 0) is 13.2 Å². The van der Waals surface area contributed by atoms with E-state index < -0.39 is 24.1 Å². The summed E-state index contributed by atoms with van der Waals surface area (Å²) in [6, 6.07) is 35.1. The zero-order valence-corrected chi connectivity index (χ0v) is 29.8. The van der Waals surface area contributed by atoms with Gasteiger partial charge in [0.2, 0.25) is 5.56 Å². The highest BCUT2D eigenvalue weighted by molar-refractivity contribution is 5.94. The van der Waals surface area contributed by atoms with Gasteiger partial charge in [-0.3, -0.25) is 9.59 Å². The molecular weight excluding hydrogens is 703 g/mol. The topological polar surface area (TPSA) is 164 Å². The molecule has 2 amide bonds. The van der Waals surface area contributed by atoms with E-state index in [1.54, 1.807) is 77.7 Å². The second-order valence-corrected chi connectivity index (χ2v) is 13.0. The van der Waals surface area contributed by atoms with Crippen LogP contribution in [0.25, 0.3) is 10.9 Å². The molecule has 0 fully saturated rings. The third-order valence-corrected chi connectivity index (χ3v) is 9.19. The average molecular weight is 745 g/mol. The summed E-state index contributed by atoms with van der Waals surface area (Å²) in [5, 5.41) is 36.8. The Balaban J connectivity index is 1.07. The molecule has 2 atom stereocenters. The van der Waals surface area contributed by atoms with Gasteiger partial charge < -0.3 is 40.6 Å². The first-order chi connectivity index (χ1) is 26.7. The second-order valence-electron chi connectivity index (χ2n) is 13.0. The van der Waals surface area contributed by atoms with Gasteiger partial charge in [-0.05, 0) is 77.7 Å². The molecule has 0 saturated heterocycles. The molecule has 0 aliphatic carbocycles. The van der Waals surface area contributed by atoms with Crippen LogP contribution in [0.2, 0.25) is 0 Å². The molecule has 6 aromatic rings. The summed E-state index contributed by atoms with van der Waals surface area (Å²) >= 11 is 0. The lowest BCUT2D eigenvalue weighted by molar-refractivity contribution is 0.0738. The summed E-state index contributed by atoms with van der Waals surface area (Å²) in [6.45, 7) is 1.20. The number of halogens is 1. The Morgan fingerprint density at radius 1 is 0.855 bits per heavy atom. The van der Waals surface area contributed by atoms with Crippen molar-refractivity contribution in [1.82, 2.24) is 20.5 Å². The maximum absolute atomic E-state index is 14.7. The van der Waals surface area contributed by atoms with Gasteiger partial charge in [0.15, 0.2) is 0 Å². The maximum atomic E-state index is 14.7. The Morgan fingerprint density at radius 2 is 1.60 bits per heavy atom. The van der Waals surface area contributed by atoms with Crippen molar-refractivity contribution in [2.75, 3.05) is 19.6 Å². The zero-order chi connectivity index (χ0) is 38.7. The lowest BCUT2D eigenvalue weighted by Gasteiger charge is -2.24. The van der Waals surface area contributed by atoms with Crippen LogP contribution in [0.4, 0.5) is 9.18 Å². The number of phenols is 1. The van der Waals surface area contributed by atoms with Crippen LogP contribution >= 0.6 is 0 Å². The van der Waals surface area contributed by atoms with Crippen LogP contribution in [0.15, 0.2) is 132 Å². The number of aromatic hydroxyl groups is 1. The van der Waals surface area contributed by atoms with Gasteiger partial charge in [0.05, 0.1) is 17.7 Å². The predicted molar refractivity (Wildman–Crippen MR) is 206 cm³/mol. The number of ether oxygens (including phenoxy) is 1. The maximum Gasteiger partial charge on any atom is 0.405 e. The fourth-order valence-corrected chi connectivity index (χ4v) is 6.38. The number of nitrogens with one attached hydrogen (secondary N) is 3. The molecule has 0 bridgehead atoms. The van der Waals surface area contributed by atoms with E-state index >= 15 is 0 Å². The Labute approximate surface area is 316 Å². The molecule has 5 aromatic carbocycles. The number of fused-ring (bicyclic) bond motifs is 1. The number of aromatic amines is 1. The van der Waals surface area contributed by atoms with Crippen LogP contribution in [-0.4, -0.2) is 56.8 Å². The number of nitrogens with zero attached hydrogens (tertiary/aromatic N) is 1. The Bertz CT molecular complexity index is 2300. The van der Waals surface area contributed by atoms with E-state index in [2.05, 4.69) is 15.6 Å². The molecule has 0 aliphatic rings. The van der Waals surface area contributed by atoms with Gasteiger partial charge in [0.1, 0.15) is 23.9 Å². The number of rotatable bonds is 16. The predicted octanol–water partition coefficient (Wildman–Crippen LogP) is 6.66. The fraction of sp³-hybridized carbons (Fsp3) is 0.186. The zero-order valence-electron chi connectivity index (χ0n) is 29.8. The summed E-state index contributed by atoms with van der Waals surface area (Å²) in [7, 11) is 0. The second kappa shape index (κ2) is 18.0. The van der Waals surface area contributed by atoms with E-state index in [4.69, 9.17) is 4.74 Å². The number of aliphatic hydroxyl groups is 1. The number of carbonyl (C=O) groups is 2. The van der Waals surface area contributed by atoms with Crippen molar-refractivity contribution in [3.63, 3.8) is 0 Å². The highest BCUT2D eigenvalue weighted by Gasteiger charge is 2.20. The molecule has 1 aromatic heterocycles. The molecule has 0 spiro atoms. The molecule has 1 unspecified atom stereocenters. The molecule has 0 radical (unpaired) electrons. The Hall–Kier alpha value is -6.50. The van der Waals surface area contributed by atoms with Gasteiger partial charge in [-0.2, -0.15) is 0 Å². The third kappa shape index (κ3) is 9.93. The number of hydrogen-bond acceptors (Lipinski definition) is 7. The fourth-order valence-electron chi connectivity index (χ4n) is 6.38. The molecule has 6 N–H and O–H groups in total. The van der Waals surface area contributed by atoms with E-state index in [0.717, 1.165) is 16.7 Å². The Kier molecular flexibility index (Phi) is 12.5. The molecule has 1 heterocycles. The highest BCUT2D eigenvalue weighted by Crippen LogP contribution is 2.29. The minimum Gasteiger partial charge on any atom is -0.506 e. The normalized spacial score (nSPS) is 12.2. The lowest BCUT2D eigenvalue weighted by Crippen LogP contribution is -2.34. The van der Waals surface area contributed by atoms with E-state index in [1.807, 2.05) is 36.4 Å². The smallest absolute Gasteiger partial charge is 0.405 e. The minimum atomic E-state index is -1.14. The third-order valence-electron chi connectivity index (χ3n) is 9.19. The van der Waals surface area contributed by atoms with Gasteiger partial charge in [0, 0.05) is 42.2 Å². The van der Waals surface area contributed by atoms with Crippen LogP contribution in [0.3, 0.4) is 0 Å². The lowest BCUT2D eigenvalue weighted by atomic mass is 9.98. The summed E-state index contributed by atoms with van der Waals surface area (Å²) in [4.78, 5) is 41.3. The average Bonchev–Trinajstić information content (AvgIpc) is 3.20. The first kappa shape index (κ1) is 38.2. The van der Waals surface area contributed by atoms with E-state index in [-0.39, 0.29) is 42.4 Å². The van der Waals surface area contributed by atoms with Gasteiger partial charge in [-0.25, -0.2) is 9.18 Å².